The predicted octanol–water partition coefficient (Wildman–Crippen LogP) is 3.57. The summed E-state index contributed by atoms with van der Waals surface area (Å²) in [5.74, 6) is -0.600. The maximum Gasteiger partial charge on any atom is 0.345 e. The first-order valence-corrected chi connectivity index (χ1v) is 11.2. The van der Waals surface area contributed by atoms with Crippen LogP contribution in [0.15, 0.2) is 74.1 Å². The van der Waals surface area contributed by atoms with Crippen LogP contribution in [0.2, 0.25) is 0 Å². The van der Waals surface area contributed by atoms with Gasteiger partial charge in [0.2, 0.25) is 0 Å². The number of thiazole rings is 1. The minimum Gasteiger partial charge on any atom is -0.422 e. The number of amides is 1. The van der Waals surface area contributed by atoms with E-state index in [1.807, 2.05) is 12.1 Å². The molecule has 1 amide bonds. The van der Waals surface area contributed by atoms with E-state index in [0.717, 1.165) is 23.0 Å². The van der Waals surface area contributed by atoms with E-state index in [4.69, 9.17) is 4.42 Å². The van der Waals surface area contributed by atoms with Crippen molar-refractivity contribution < 1.29 is 17.6 Å². The van der Waals surface area contributed by atoms with Gasteiger partial charge in [-0.1, -0.05) is 30.3 Å². The Morgan fingerprint density at radius 3 is 2.62 bits per heavy atom. The molecule has 4 rings (SSSR count). The van der Waals surface area contributed by atoms with E-state index in [1.54, 1.807) is 35.7 Å². The summed E-state index contributed by atoms with van der Waals surface area (Å²) in [6.45, 7) is 0. The lowest BCUT2D eigenvalue weighted by molar-refractivity contribution is 0.102. The summed E-state index contributed by atoms with van der Waals surface area (Å²) in [5.41, 5.74) is 0.604. The highest BCUT2D eigenvalue weighted by molar-refractivity contribution is 7.90. The zero-order chi connectivity index (χ0) is 20.6. The molecule has 0 aliphatic heterocycles. The van der Waals surface area contributed by atoms with Crippen molar-refractivity contribution in [1.29, 1.82) is 0 Å². The van der Waals surface area contributed by atoms with Gasteiger partial charge < -0.3 is 4.42 Å². The molecule has 0 atom stereocenters. The summed E-state index contributed by atoms with van der Waals surface area (Å²) in [6.07, 6.45) is 1.04. The van der Waals surface area contributed by atoms with Crippen LogP contribution in [0.5, 0.6) is 0 Å². The molecule has 7 nitrogen and oxygen atoms in total. The maximum atomic E-state index is 12.6. The molecule has 146 valence electrons. The molecule has 29 heavy (non-hydrogen) atoms. The van der Waals surface area contributed by atoms with Crippen LogP contribution < -0.4 is 10.9 Å². The van der Waals surface area contributed by atoms with Crippen molar-refractivity contribution in [2.75, 3.05) is 11.6 Å². The number of nitrogens with one attached hydrogen (secondary N) is 1. The van der Waals surface area contributed by atoms with Crippen LogP contribution in [0.1, 0.15) is 10.4 Å². The summed E-state index contributed by atoms with van der Waals surface area (Å²) in [4.78, 5) is 29.1. The van der Waals surface area contributed by atoms with Crippen molar-refractivity contribution in [3.8, 4) is 11.3 Å². The fraction of sp³-hybridized carbons (Fsp3) is 0.0500. The van der Waals surface area contributed by atoms with Gasteiger partial charge in [-0.25, -0.2) is 18.2 Å². The van der Waals surface area contributed by atoms with E-state index < -0.39 is 21.4 Å². The third kappa shape index (κ3) is 3.82. The SMILES string of the molecule is CS(=O)(=O)c1ccccc1C(=O)Nc1nc(-c2cc3ccccc3oc2=O)cs1. The second kappa shape index (κ2) is 7.26. The summed E-state index contributed by atoms with van der Waals surface area (Å²) >= 11 is 1.12. The Hall–Kier alpha value is -3.30. The number of rotatable bonds is 4. The summed E-state index contributed by atoms with van der Waals surface area (Å²) in [6, 6.07) is 14.7. The fourth-order valence-corrected chi connectivity index (χ4v) is 4.43. The van der Waals surface area contributed by atoms with E-state index in [-0.39, 0.29) is 21.2 Å². The van der Waals surface area contributed by atoms with Gasteiger partial charge in [-0.15, -0.1) is 11.3 Å². The minimum atomic E-state index is -3.57. The third-order valence-electron chi connectivity index (χ3n) is 4.17. The Morgan fingerprint density at radius 1 is 1.10 bits per heavy atom. The Kier molecular flexibility index (Phi) is 4.77. The lowest BCUT2D eigenvalue weighted by atomic mass is 10.1. The predicted molar refractivity (Wildman–Crippen MR) is 111 cm³/mol. The molecule has 2 aromatic carbocycles. The van der Waals surface area contributed by atoms with E-state index in [1.165, 1.54) is 12.1 Å². The number of aromatic nitrogens is 1. The maximum absolute atomic E-state index is 12.6. The third-order valence-corrected chi connectivity index (χ3v) is 6.09. The monoisotopic (exact) mass is 426 g/mol. The van der Waals surface area contributed by atoms with Gasteiger partial charge in [-0.3, -0.25) is 10.1 Å². The van der Waals surface area contributed by atoms with Crippen molar-refractivity contribution in [3.05, 3.63) is 76.0 Å². The lowest BCUT2D eigenvalue weighted by Crippen LogP contribution is -2.16. The second-order valence-electron chi connectivity index (χ2n) is 6.25. The van der Waals surface area contributed by atoms with Crippen molar-refractivity contribution in [1.82, 2.24) is 4.98 Å². The summed E-state index contributed by atoms with van der Waals surface area (Å²) < 4.78 is 29.1. The van der Waals surface area contributed by atoms with Gasteiger partial charge in [0.25, 0.3) is 5.91 Å². The van der Waals surface area contributed by atoms with Gasteiger partial charge in [-0.05, 0) is 24.3 Å². The zero-order valence-corrected chi connectivity index (χ0v) is 16.7. The van der Waals surface area contributed by atoms with Gasteiger partial charge in [0.15, 0.2) is 15.0 Å². The fourth-order valence-electron chi connectivity index (χ4n) is 2.84. The van der Waals surface area contributed by atoms with Gasteiger partial charge in [0.05, 0.1) is 21.7 Å². The molecule has 1 N–H and O–H groups in total. The highest BCUT2D eigenvalue weighted by atomic mass is 32.2. The molecule has 0 saturated heterocycles. The molecule has 0 aliphatic rings. The van der Waals surface area contributed by atoms with Crippen LogP contribution in [0, 0.1) is 0 Å². The number of nitrogens with zero attached hydrogens (tertiary/aromatic N) is 1. The molecule has 9 heteroatoms. The number of para-hydroxylation sites is 1. The van der Waals surface area contributed by atoms with Crippen molar-refractivity contribution in [2.45, 2.75) is 4.90 Å². The molecule has 0 saturated carbocycles. The molecular formula is C20H14N2O5S2. The van der Waals surface area contributed by atoms with Crippen molar-refractivity contribution >= 4 is 43.2 Å². The second-order valence-corrected chi connectivity index (χ2v) is 9.09. The number of fused-ring (bicyclic) bond motifs is 1. The van der Waals surface area contributed by atoms with Crippen molar-refractivity contribution in [2.24, 2.45) is 0 Å². The first-order valence-electron chi connectivity index (χ1n) is 8.42. The molecule has 0 spiro atoms. The van der Waals surface area contributed by atoms with E-state index in [9.17, 15) is 18.0 Å². The molecule has 2 heterocycles. The lowest BCUT2D eigenvalue weighted by Gasteiger charge is -2.07. The van der Waals surface area contributed by atoms with Gasteiger partial charge >= 0.3 is 5.63 Å². The molecule has 0 aliphatic carbocycles. The molecular weight excluding hydrogens is 412 g/mol. The zero-order valence-electron chi connectivity index (χ0n) is 15.1. The van der Waals surface area contributed by atoms with Crippen LogP contribution in [0.3, 0.4) is 0 Å². The van der Waals surface area contributed by atoms with Gasteiger partial charge in [-0.2, -0.15) is 0 Å². The minimum absolute atomic E-state index is 0.0250. The topological polar surface area (TPSA) is 106 Å². The number of benzene rings is 2. The van der Waals surface area contributed by atoms with Crippen LogP contribution >= 0.6 is 11.3 Å². The molecule has 4 aromatic rings. The summed E-state index contributed by atoms with van der Waals surface area (Å²) in [5, 5.41) is 5.20. The first-order chi connectivity index (χ1) is 13.8. The Labute approximate surface area is 169 Å². The van der Waals surface area contributed by atoms with E-state index in [2.05, 4.69) is 10.3 Å². The molecule has 0 bridgehead atoms. The molecule has 2 aromatic heterocycles. The van der Waals surface area contributed by atoms with Crippen LogP contribution in [-0.4, -0.2) is 25.6 Å². The number of carbonyl (C=O) groups is 1. The number of anilines is 1. The largest absolute Gasteiger partial charge is 0.422 e. The molecule has 0 unspecified atom stereocenters. The Balaban J connectivity index is 1.65. The van der Waals surface area contributed by atoms with Crippen molar-refractivity contribution in [3.63, 3.8) is 0 Å². The Bertz CT molecular complexity index is 1400. The van der Waals surface area contributed by atoms with Crippen LogP contribution in [0.4, 0.5) is 5.13 Å². The highest BCUT2D eigenvalue weighted by Crippen LogP contribution is 2.26. The van der Waals surface area contributed by atoms with Crippen LogP contribution in [-0.2, 0) is 9.84 Å². The molecule has 0 radical (unpaired) electrons. The number of hydrogen-bond donors (Lipinski definition) is 1. The number of hydrogen-bond acceptors (Lipinski definition) is 7. The smallest absolute Gasteiger partial charge is 0.345 e. The quantitative estimate of drug-likeness (QED) is 0.500. The average Bonchev–Trinajstić information content (AvgIpc) is 3.15. The number of carbonyl (C=O) groups excluding carboxylic acids is 1. The average molecular weight is 426 g/mol. The van der Waals surface area contributed by atoms with Crippen LogP contribution in [0.25, 0.3) is 22.2 Å². The normalized spacial score (nSPS) is 11.5. The van der Waals surface area contributed by atoms with Gasteiger partial charge in [0, 0.05) is 17.0 Å². The first kappa shape index (κ1) is 19.0. The Morgan fingerprint density at radius 2 is 1.83 bits per heavy atom. The number of sulfone groups is 1. The molecule has 0 fully saturated rings. The highest BCUT2D eigenvalue weighted by Gasteiger charge is 2.19. The standard InChI is InChI=1S/C20H14N2O5S2/c1-29(25,26)17-9-5-3-7-13(17)18(23)22-20-21-15(11-28-20)14-10-12-6-2-4-8-16(12)27-19(14)24/h2-11H,1H3,(H,21,22,23). The summed E-state index contributed by atoms with van der Waals surface area (Å²) in [7, 11) is -3.57. The van der Waals surface area contributed by atoms with E-state index in [0.29, 0.717) is 11.3 Å². The van der Waals surface area contributed by atoms with E-state index >= 15 is 0 Å². The van der Waals surface area contributed by atoms with Gasteiger partial charge in [0.1, 0.15) is 5.58 Å².